The first-order valence-electron chi connectivity index (χ1n) is 10.3. The van der Waals surface area contributed by atoms with Gasteiger partial charge in [-0.2, -0.15) is 0 Å². The Labute approximate surface area is 146 Å². The maximum Gasteiger partial charge on any atom is 0.174 e. The van der Waals surface area contributed by atoms with Crippen LogP contribution in [-0.4, -0.2) is 24.7 Å². The fourth-order valence-electron chi connectivity index (χ4n) is 7.96. The summed E-state index contributed by atoms with van der Waals surface area (Å²) < 4.78 is 12.5. The van der Waals surface area contributed by atoms with E-state index in [0.717, 1.165) is 61.9 Å². The van der Waals surface area contributed by atoms with Gasteiger partial charge in [0.25, 0.3) is 0 Å². The average Bonchev–Trinajstić information content (AvgIpc) is 3.15. The first-order chi connectivity index (χ1) is 11.5. The molecule has 1 unspecified atom stereocenters. The summed E-state index contributed by atoms with van der Waals surface area (Å²) in [6, 6.07) is 0. The Hall–Kier alpha value is -0.410. The van der Waals surface area contributed by atoms with Gasteiger partial charge in [0.2, 0.25) is 0 Å². The fourth-order valence-corrected chi connectivity index (χ4v) is 7.96. The molecule has 1 N–H and O–H groups in total. The van der Waals surface area contributed by atoms with Crippen LogP contribution in [0.5, 0.6) is 0 Å². The molecular formula is C21H33NO2. The van der Waals surface area contributed by atoms with E-state index in [4.69, 9.17) is 14.9 Å². The summed E-state index contributed by atoms with van der Waals surface area (Å²) in [5, 5.41) is 8.16. The van der Waals surface area contributed by atoms with E-state index < -0.39 is 0 Å². The molecule has 5 rings (SSSR count). The first-order valence-corrected chi connectivity index (χ1v) is 10.3. The Morgan fingerprint density at radius 1 is 0.917 bits per heavy atom. The zero-order valence-electron chi connectivity index (χ0n) is 15.4. The summed E-state index contributed by atoms with van der Waals surface area (Å²) in [6.07, 6.45) is 11.2. The third kappa shape index (κ3) is 1.84. The van der Waals surface area contributed by atoms with Crippen molar-refractivity contribution in [1.82, 2.24) is 0 Å². The minimum Gasteiger partial charge on any atom is -0.347 e. The third-order valence-corrected chi connectivity index (χ3v) is 9.32. The smallest absolute Gasteiger partial charge is 0.174 e. The second-order valence-electron chi connectivity index (χ2n) is 9.91. The molecule has 4 aliphatic carbocycles. The van der Waals surface area contributed by atoms with Gasteiger partial charge < -0.3 is 14.9 Å². The molecule has 4 saturated carbocycles. The Morgan fingerprint density at radius 2 is 1.67 bits per heavy atom. The first kappa shape index (κ1) is 15.8. The lowest BCUT2D eigenvalue weighted by atomic mass is 9.45. The maximum absolute atomic E-state index is 8.16. The summed E-state index contributed by atoms with van der Waals surface area (Å²) in [5.74, 6) is 3.05. The van der Waals surface area contributed by atoms with Gasteiger partial charge in [-0.1, -0.05) is 13.8 Å². The fraction of sp³-hybridized carbons (Fsp3) is 0.952. The topological polar surface area (TPSA) is 42.3 Å². The highest BCUT2D eigenvalue weighted by Crippen LogP contribution is 2.69. The molecule has 5 fully saturated rings. The van der Waals surface area contributed by atoms with Crippen LogP contribution in [0.1, 0.15) is 71.6 Å². The number of fused-ring (bicyclic) bond motifs is 6. The van der Waals surface area contributed by atoms with E-state index in [1.807, 2.05) is 0 Å². The van der Waals surface area contributed by atoms with Crippen molar-refractivity contribution in [1.29, 1.82) is 5.41 Å². The predicted molar refractivity (Wildman–Crippen MR) is 94.1 cm³/mol. The summed E-state index contributed by atoms with van der Waals surface area (Å²) in [5.41, 5.74) is 1.74. The van der Waals surface area contributed by atoms with Crippen molar-refractivity contribution in [3.05, 3.63) is 0 Å². The zero-order valence-corrected chi connectivity index (χ0v) is 15.4. The van der Waals surface area contributed by atoms with Crippen LogP contribution in [0.4, 0.5) is 0 Å². The van der Waals surface area contributed by atoms with E-state index in [1.165, 1.54) is 38.5 Å². The van der Waals surface area contributed by atoms with Crippen LogP contribution in [0.15, 0.2) is 0 Å². The summed E-state index contributed by atoms with van der Waals surface area (Å²) in [6.45, 7) is 6.64. The SMILES string of the molecule is C[C@]12CCC(=N)CC1CC[C@@H]1[C@@H]2CC[C@@]2(C)[C@H]1CCC21OCCO1. The molecule has 0 aromatic carbocycles. The van der Waals surface area contributed by atoms with E-state index in [-0.39, 0.29) is 11.2 Å². The van der Waals surface area contributed by atoms with Crippen molar-refractivity contribution < 1.29 is 9.47 Å². The van der Waals surface area contributed by atoms with Crippen molar-refractivity contribution in [2.75, 3.05) is 13.2 Å². The van der Waals surface area contributed by atoms with Crippen molar-refractivity contribution in [3.63, 3.8) is 0 Å². The van der Waals surface area contributed by atoms with Crippen molar-refractivity contribution >= 4 is 5.71 Å². The number of rotatable bonds is 0. The van der Waals surface area contributed by atoms with Crippen LogP contribution < -0.4 is 0 Å². The van der Waals surface area contributed by atoms with Crippen LogP contribution in [-0.2, 0) is 9.47 Å². The van der Waals surface area contributed by atoms with Gasteiger partial charge in [0.15, 0.2) is 5.79 Å². The molecule has 1 spiro atoms. The maximum atomic E-state index is 8.16. The minimum atomic E-state index is -0.255. The molecule has 3 heteroatoms. The molecule has 24 heavy (non-hydrogen) atoms. The molecule has 1 heterocycles. The molecule has 5 aliphatic rings. The molecule has 0 amide bonds. The standard InChI is InChI=1S/C21H33NO2/c1-19-8-5-15(22)13-14(19)3-4-16-17(19)6-9-20(2)18(16)7-10-21(20)23-11-12-24-21/h14,16-18,22H,3-13H2,1-2H3/t14?,16-,17+,18+,19+,20+/m1/s1. The van der Waals surface area contributed by atoms with Gasteiger partial charge in [-0.3, -0.25) is 0 Å². The van der Waals surface area contributed by atoms with Crippen molar-refractivity contribution in [2.45, 2.75) is 77.4 Å². The number of nitrogens with one attached hydrogen (secondary N) is 1. The van der Waals surface area contributed by atoms with Gasteiger partial charge in [0.05, 0.1) is 13.2 Å². The minimum absolute atomic E-state index is 0.231. The lowest BCUT2D eigenvalue weighted by molar-refractivity contribution is -0.246. The molecule has 0 bridgehead atoms. The number of hydrogen-bond donors (Lipinski definition) is 1. The summed E-state index contributed by atoms with van der Waals surface area (Å²) >= 11 is 0. The third-order valence-electron chi connectivity index (χ3n) is 9.32. The van der Waals surface area contributed by atoms with Crippen LogP contribution in [0, 0.1) is 39.9 Å². The molecule has 0 radical (unpaired) electrons. The Kier molecular flexibility index (Phi) is 3.34. The molecule has 1 aliphatic heterocycles. The van der Waals surface area contributed by atoms with Crippen molar-refractivity contribution in [2.24, 2.45) is 34.5 Å². The molecule has 6 atom stereocenters. The average molecular weight is 332 g/mol. The number of ether oxygens (including phenoxy) is 2. The van der Waals surface area contributed by atoms with Gasteiger partial charge in [-0.25, -0.2) is 0 Å². The molecule has 0 aromatic heterocycles. The van der Waals surface area contributed by atoms with Gasteiger partial charge in [-0.05, 0) is 80.5 Å². The highest BCUT2D eigenvalue weighted by atomic mass is 16.7. The Balaban J connectivity index is 1.46. The van der Waals surface area contributed by atoms with Gasteiger partial charge in [-0.15, -0.1) is 0 Å². The molecule has 134 valence electrons. The van der Waals surface area contributed by atoms with Crippen LogP contribution in [0.3, 0.4) is 0 Å². The van der Waals surface area contributed by atoms with Gasteiger partial charge >= 0.3 is 0 Å². The zero-order chi connectivity index (χ0) is 16.6. The highest BCUT2D eigenvalue weighted by molar-refractivity contribution is 5.82. The van der Waals surface area contributed by atoms with E-state index in [9.17, 15) is 0 Å². The summed E-state index contributed by atoms with van der Waals surface area (Å²) in [4.78, 5) is 0. The van der Waals surface area contributed by atoms with Gasteiger partial charge in [0.1, 0.15) is 0 Å². The molecule has 3 nitrogen and oxygen atoms in total. The lowest BCUT2D eigenvalue weighted by Crippen LogP contribution is -2.56. The Morgan fingerprint density at radius 3 is 2.46 bits per heavy atom. The molecular weight excluding hydrogens is 298 g/mol. The second kappa shape index (κ2) is 5.07. The van der Waals surface area contributed by atoms with E-state index in [0.29, 0.717) is 5.41 Å². The van der Waals surface area contributed by atoms with Gasteiger partial charge in [0, 0.05) is 17.5 Å². The quantitative estimate of drug-likeness (QED) is 0.693. The second-order valence-corrected chi connectivity index (χ2v) is 9.91. The van der Waals surface area contributed by atoms with E-state index in [2.05, 4.69) is 13.8 Å². The number of hydrogen-bond acceptors (Lipinski definition) is 3. The monoisotopic (exact) mass is 331 g/mol. The summed E-state index contributed by atoms with van der Waals surface area (Å²) in [7, 11) is 0. The Bertz CT molecular complexity index is 554. The molecule has 1 saturated heterocycles. The van der Waals surface area contributed by atoms with Crippen LogP contribution in [0.2, 0.25) is 0 Å². The predicted octanol–water partition coefficient (Wildman–Crippen LogP) is 4.79. The lowest BCUT2D eigenvalue weighted by Gasteiger charge is -2.61. The van der Waals surface area contributed by atoms with Crippen molar-refractivity contribution in [3.8, 4) is 0 Å². The normalized spacial score (nSPS) is 52.8. The van der Waals surface area contributed by atoms with Crippen LogP contribution in [0.25, 0.3) is 0 Å². The van der Waals surface area contributed by atoms with E-state index >= 15 is 0 Å². The molecule has 0 aromatic rings. The van der Waals surface area contributed by atoms with E-state index in [1.54, 1.807) is 0 Å². The van der Waals surface area contributed by atoms with Crippen LogP contribution >= 0.6 is 0 Å². The largest absolute Gasteiger partial charge is 0.347 e. The highest BCUT2D eigenvalue weighted by Gasteiger charge is 2.67.